The molecule has 1 aromatic heterocycles. The molecule has 0 aliphatic carbocycles. The van der Waals surface area contributed by atoms with Gasteiger partial charge in [0.1, 0.15) is 23.1 Å². The van der Waals surface area contributed by atoms with Crippen molar-refractivity contribution in [3.05, 3.63) is 23.7 Å². The first-order valence-corrected chi connectivity index (χ1v) is 10.8. The van der Waals surface area contributed by atoms with E-state index in [1.165, 1.54) is 0 Å². The highest BCUT2D eigenvalue weighted by Gasteiger charge is 2.53. The van der Waals surface area contributed by atoms with Gasteiger partial charge in [-0.3, -0.25) is 14.5 Å². The Morgan fingerprint density at radius 3 is 2.54 bits per heavy atom. The molecule has 2 amide bonds. The van der Waals surface area contributed by atoms with Crippen molar-refractivity contribution in [2.75, 3.05) is 19.6 Å². The Kier molecular flexibility index (Phi) is 6.48. The number of carbonyl (C=O) groups excluding carboxylic acids is 2. The fraction of sp³-hybridized carbons (Fsp3) is 0.727. The third-order valence-electron chi connectivity index (χ3n) is 6.11. The van der Waals surface area contributed by atoms with Crippen LogP contribution in [0.2, 0.25) is 0 Å². The van der Waals surface area contributed by atoms with Crippen molar-refractivity contribution in [2.24, 2.45) is 5.92 Å². The first-order chi connectivity index (χ1) is 13.4. The largest absolute Gasteiger partial charge is 0.465 e. The Morgan fingerprint density at radius 1 is 1.25 bits per heavy atom. The molecule has 1 spiro atoms. The summed E-state index contributed by atoms with van der Waals surface area (Å²) in [5.74, 6) is 2.40. The summed E-state index contributed by atoms with van der Waals surface area (Å²) in [6, 6.07) is 3.62. The Hall–Kier alpha value is -1.82. The molecule has 1 unspecified atom stereocenters. The molecule has 1 aromatic rings. The Balaban J connectivity index is 1.72. The number of carbonyl (C=O) groups is 2. The monoisotopic (exact) mass is 389 g/mol. The first kappa shape index (κ1) is 20.9. The van der Waals surface area contributed by atoms with Gasteiger partial charge in [-0.1, -0.05) is 27.2 Å². The summed E-state index contributed by atoms with van der Waals surface area (Å²) in [5.41, 5.74) is -0.685. The number of unbranched alkanes of at least 4 members (excludes halogenated alkanes) is 1. The molecular formula is C22H35N3O3. The number of likely N-dealkylation sites (tertiary alicyclic amines) is 1. The molecule has 2 aliphatic heterocycles. The van der Waals surface area contributed by atoms with E-state index in [1.807, 2.05) is 24.0 Å². The van der Waals surface area contributed by atoms with Crippen LogP contribution in [-0.2, 0) is 16.1 Å². The van der Waals surface area contributed by atoms with Gasteiger partial charge in [-0.15, -0.1) is 0 Å². The molecule has 0 saturated carbocycles. The zero-order valence-electron chi connectivity index (χ0n) is 17.8. The molecule has 3 rings (SSSR count). The van der Waals surface area contributed by atoms with Crippen molar-refractivity contribution in [1.29, 1.82) is 0 Å². The third kappa shape index (κ3) is 4.27. The maximum absolute atomic E-state index is 13.2. The number of furan rings is 1. The molecule has 1 N–H and O–H groups in total. The van der Waals surface area contributed by atoms with Crippen LogP contribution in [-0.4, -0.2) is 52.8 Å². The Labute approximate surface area is 168 Å². The quantitative estimate of drug-likeness (QED) is 0.778. The van der Waals surface area contributed by atoms with Crippen molar-refractivity contribution in [3.63, 3.8) is 0 Å². The Morgan fingerprint density at radius 2 is 1.96 bits per heavy atom. The van der Waals surface area contributed by atoms with Crippen LogP contribution in [0.25, 0.3) is 0 Å². The van der Waals surface area contributed by atoms with E-state index in [1.54, 1.807) is 0 Å². The van der Waals surface area contributed by atoms with E-state index >= 15 is 0 Å². The number of hydrogen-bond acceptors (Lipinski definition) is 4. The fourth-order valence-electron chi connectivity index (χ4n) is 4.52. The minimum absolute atomic E-state index is 0.0438. The van der Waals surface area contributed by atoms with E-state index < -0.39 is 5.54 Å². The molecule has 2 saturated heterocycles. The van der Waals surface area contributed by atoms with Gasteiger partial charge in [0.05, 0.1) is 6.54 Å². The second-order valence-electron chi connectivity index (χ2n) is 8.82. The predicted octanol–water partition coefficient (Wildman–Crippen LogP) is 3.10. The zero-order valence-corrected chi connectivity index (χ0v) is 17.8. The molecule has 0 aromatic carbocycles. The van der Waals surface area contributed by atoms with Crippen molar-refractivity contribution in [1.82, 2.24) is 15.1 Å². The predicted molar refractivity (Wildman–Crippen MR) is 109 cm³/mol. The minimum Gasteiger partial charge on any atom is -0.465 e. The summed E-state index contributed by atoms with van der Waals surface area (Å²) < 4.78 is 5.70. The lowest BCUT2D eigenvalue weighted by molar-refractivity contribution is -0.161. The van der Waals surface area contributed by atoms with Crippen molar-refractivity contribution in [2.45, 2.75) is 77.9 Å². The molecule has 3 heterocycles. The molecule has 0 bridgehead atoms. The van der Waals surface area contributed by atoms with Crippen LogP contribution in [0.3, 0.4) is 0 Å². The molecule has 2 aliphatic rings. The van der Waals surface area contributed by atoms with Gasteiger partial charge in [0, 0.05) is 19.6 Å². The van der Waals surface area contributed by atoms with E-state index in [2.05, 4.69) is 31.0 Å². The topological polar surface area (TPSA) is 65.8 Å². The van der Waals surface area contributed by atoms with Gasteiger partial charge >= 0.3 is 0 Å². The number of hydrogen-bond donors (Lipinski definition) is 1. The molecular weight excluding hydrogens is 354 g/mol. The van der Waals surface area contributed by atoms with Gasteiger partial charge in [0.2, 0.25) is 11.8 Å². The molecule has 156 valence electrons. The van der Waals surface area contributed by atoms with Crippen LogP contribution in [0.1, 0.15) is 64.4 Å². The van der Waals surface area contributed by atoms with Crippen LogP contribution in [0.5, 0.6) is 0 Å². The van der Waals surface area contributed by atoms with E-state index in [0.717, 1.165) is 44.0 Å². The minimum atomic E-state index is -0.685. The normalized spacial score (nSPS) is 22.9. The van der Waals surface area contributed by atoms with E-state index in [-0.39, 0.29) is 17.9 Å². The summed E-state index contributed by atoms with van der Waals surface area (Å²) in [5, 5.41) is 3.07. The number of rotatable bonds is 7. The number of nitrogens with one attached hydrogen (secondary N) is 1. The maximum Gasteiger partial charge on any atom is 0.246 e. The van der Waals surface area contributed by atoms with Crippen molar-refractivity contribution in [3.8, 4) is 0 Å². The highest BCUT2D eigenvalue weighted by Crippen LogP contribution is 2.34. The Bertz CT molecular complexity index is 689. The summed E-state index contributed by atoms with van der Waals surface area (Å²) in [7, 11) is 0. The number of piperidine rings is 1. The third-order valence-corrected chi connectivity index (χ3v) is 6.11. The lowest BCUT2D eigenvalue weighted by atomic mass is 9.80. The van der Waals surface area contributed by atoms with Gasteiger partial charge in [0.25, 0.3) is 0 Å². The van der Waals surface area contributed by atoms with Crippen LogP contribution >= 0.6 is 0 Å². The summed E-state index contributed by atoms with van der Waals surface area (Å²) in [6.45, 7) is 11.3. The SMILES string of the molecule is CCCCN1C(=O)C(CC(C)C)NC(=O)C12CCN(Cc1ccc(C)o1)CC2. The molecule has 6 heteroatoms. The van der Waals surface area contributed by atoms with E-state index in [9.17, 15) is 9.59 Å². The molecule has 0 radical (unpaired) electrons. The standard InChI is InChI=1S/C22H35N3O3/c1-5-6-11-25-20(26)19(14-16(2)3)23-21(27)22(25)9-12-24(13-10-22)15-18-8-7-17(4)28-18/h7-8,16,19H,5-6,9-15H2,1-4H3,(H,23,27). The molecule has 1 atom stereocenters. The summed E-state index contributed by atoms with van der Waals surface area (Å²) in [6.07, 6.45) is 4.02. The van der Waals surface area contributed by atoms with Crippen LogP contribution in [0, 0.1) is 12.8 Å². The van der Waals surface area contributed by atoms with Crippen molar-refractivity contribution < 1.29 is 14.0 Å². The smallest absolute Gasteiger partial charge is 0.246 e. The summed E-state index contributed by atoms with van der Waals surface area (Å²) in [4.78, 5) is 30.7. The number of amides is 2. The zero-order chi connectivity index (χ0) is 20.3. The van der Waals surface area contributed by atoms with Gasteiger partial charge in [-0.05, 0) is 50.7 Å². The van der Waals surface area contributed by atoms with E-state index in [4.69, 9.17) is 4.42 Å². The fourth-order valence-corrected chi connectivity index (χ4v) is 4.52. The molecule has 6 nitrogen and oxygen atoms in total. The lowest BCUT2D eigenvalue weighted by Gasteiger charge is -2.51. The van der Waals surface area contributed by atoms with Gasteiger partial charge < -0.3 is 14.6 Å². The summed E-state index contributed by atoms with van der Waals surface area (Å²) >= 11 is 0. The highest BCUT2D eigenvalue weighted by atomic mass is 16.3. The number of piperazine rings is 1. The highest BCUT2D eigenvalue weighted by molar-refractivity contribution is 6.00. The average molecular weight is 390 g/mol. The van der Waals surface area contributed by atoms with E-state index in [0.29, 0.717) is 31.7 Å². The average Bonchev–Trinajstić information content (AvgIpc) is 3.06. The van der Waals surface area contributed by atoms with Crippen molar-refractivity contribution >= 4 is 11.8 Å². The van der Waals surface area contributed by atoms with Gasteiger partial charge in [-0.2, -0.15) is 0 Å². The first-order valence-electron chi connectivity index (χ1n) is 10.8. The number of aryl methyl sites for hydroxylation is 1. The molecule has 28 heavy (non-hydrogen) atoms. The van der Waals surface area contributed by atoms with Crippen LogP contribution in [0.4, 0.5) is 0 Å². The molecule has 2 fully saturated rings. The second-order valence-corrected chi connectivity index (χ2v) is 8.82. The lowest BCUT2D eigenvalue weighted by Crippen LogP contribution is -2.73. The van der Waals surface area contributed by atoms with Crippen LogP contribution < -0.4 is 5.32 Å². The second kappa shape index (κ2) is 8.68. The van der Waals surface area contributed by atoms with Crippen LogP contribution in [0.15, 0.2) is 16.5 Å². The maximum atomic E-state index is 13.2. The number of nitrogens with zero attached hydrogens (tertiary/aromatic N) is 2. The van der Waals surface area contributed by atoms with Gasteiger partial charge in [0.15, 0.2) is 0 Å². The van der Waals surface area contributed by atoms with Gasteiger partial charge in [-0.25, -0.2) is 0 Å².